The number of nitrogens with zero attached hydrogens (tertiary/aromatic N) is 7. The van der Waals surface area contributed by atoms with Crippen LogP contribution in [0, 0.1) is 11.3 Å². The molecule has 0 aromatic carbocycles. The maximum absolute atomic E-state index is 12.3. The number of fused-ring (bicyclic) bond motifs is 1. The van der Waals surface area contributed by atoms with Gasteiger partial charge in [-0.15, -0.1) is 0 Å². The molecule has 10 heteroatoms. The van der Waals surface area contributed by atoms with Gasteiger partial charge in [-0.05, 0) is 33.8 Å². The zero-order valence-electron chi connectivity index (χ0n) is 19.3. The number of carbonyl (C=O) groups is 1. The van der Waals surface area contributed by atoms with Crippen molar-refractivity contribution in [3.8, 4) is 23.1 Å². The molecule has 1 aliphatic heterocycles. The summed E-state index contributed by atoms with van der Waals surface area (Å²) in [4.78, 5) is 25.3. The van der Waals surface area contributed by atoms with Gasteiger partial charge in [0.05, 0.1) is 48.2 Å². The Hall–Kier alpha value is -3.87. The largest absolute Gasteiger partial charge is 0.492 e. The van der Waals surface area contributed by atoms with Gasteiger partial charge in [0, 0.05) is 31.7 Å². The van der Waals surface area contributed by atoms with Crippen molar-refractivity contribution < 1.29 is 14.3 Å². The number of hydrogen-bond acceptors (Lipinski definition) is 8. The highest BCUT2D eigenvalue weighted by Crippen LogP contribution is 2.30. The number of anilines is 1. The molecule has 0 bridgehead atoms. The fraction of sp³-hybridized carbons (Fsp3) is 0.435. The summed E-state index contributed by atoms with van der Waals surface area (Å²) in [6.45, 7) is 10.4. The second kappa shape index (κ2) is 8.94. The number of nitriles is 1. The number of carbonyl (C=O) groups excluding carboxylic acids is 1. The van der Waals surface area contributed by atoms with Crippen molar-refractivity contribution in [2.75, 3.05) is 37.7 Å². The van der Waals surface area contributed by atoms with E-state index < -0.39 is 5.60 Å². The summed E-state index contributed by atoms with van der Waals surface area (Å²) in [6.07, 6.45) is 6.38. The summed E-state index contributed by atoms with van der Waals surface area (Å²) in [6, 6.07) is 4.03. The van der Waals surface area contributed by atoms with Crippen LogP contribution in [0.5, 0.6) is 5.75 Å². The Balaban J connectivity index is 1.53. The molecule has 1 fully saturated rings. The van der Waals surface area contributed by atoms with E-state index >= 15 is 0 Å². The third-order valence-electron chi connectivity index (χ3n) is 5.19. The Morgan fingerprint density at radius 1 is 1.15 bits per heavy atom. The Labute approximate surface area is 192 Å². The molecule has 10 nitrogen and oxygen atoms in total. The highest BCUT2D eigenvalue weighted by molar-refractivity contribution is 5.83. The number of ether oxygens (including phenoxy) is 2. The molecule has 0 aliphatic carbocycles. The normalized spacial score (nSPS) is 14.3. The highest BCUT2D eigenvalue weighted by Gasteiger charge is 2.26. The van der Waals surface area contributed by atoms with Crippen molar-refractivity contribution in [3.63, 3.8) is 0 Å². The Bertz CT molecular complexity index is 1180. The van der Waals surface area contributed by atoms with Gasteiger partial charge in [-0.2, -0.15) is 10.4 Å². The van der Waals surface area contributed by atoms with Crippen molar-refractivity contribution in [1.82, 2.24) is 24.5 Å². The first kappa shape index (κ1) is 22.3. The van der Waals surface area contributed by atoms with Gasteiger partial charge in [0.25, 0.3) is 0 Å². The van der Waals surface area contributed by atoms with Crippen LogP contribution in [0.3, 0.4) is 0 Å². The average molecular weight is 450 g/mol. The first-order chi connectivity index (χ1) is 15.8. The summed E-state index contributed by atoms with van der Waals surface area (Å²) in [7, 11) is 0. The van der Waals surface area contributed by atoms with E-state index in [1.807, 2.05) is 33.8 Å². The molecule has 3 aromatic heterocycles. The second-order valence-electron chi connectivity index (χ2n) is 8.70. The standard InChI is InChI=1S/C23H27N7O3/c1-5-32-17-10-18(21-16(11-24)12-27-30(21)15-17)19-13-26-20(14-25-19)28-6-8-29(9-7-28)22(31)33-23(2,3)4/h10,12-15H,5-9H2,1-4H3. The van der Waals surface area contributed by atoms with E-state index in [0.29, 0.717) is 55.3 Å². The lowest BCUT2D eigenvalue weighted by Gasteiger charge is -2.36. The molecule has 0 radical (unpaired) electrons. The number of hydrogen-bond donors (Lipinski definition) is 0. The average Bonchev–Trinajstić information content (AvgIpc) is 3.21. The minimum atomic E-state index is -0.513. The van der Waals surface area contributed by atoms with Crippen LogP contribution in [-0.2, 0) is 4.74 Å². The maximum atomic E-state index is 12.3. The minimum absolute atomic E-state index is 0.295. The molecule has 4 heterocycles. The van der Waals surface area contributed by atoms with Crippen LogP contribution in [0.4, 0.5) is 10.6 Å². The van der Waals surface area contributed by atoms with Gasteiger partial charge in [-0.1, -0.05) is 0 Å². The lowest BCUT2D eigenvalue weighted by Crippen LogP contribution is -2.50. The highest BCUT2D eigenvalue weighted by atomic mass is 16.6. The molecule has 0 saturated carbocycles. The lowest BCUT2D eigenvalue weighted by atomic mass is 10.1. The smallest absolute Gasteiger partial charge is 0.410 e. The zero-order chi connectivity index (χ0) is 23.6. The first-order valence-electron chi connectivity index (χ1n) is 10.9. The number of aromatic nitrogens is 4. The van der Waals surface area contributed by atoms with Crippen LogP contribution in [-0.4, -0.2) is 69.0 Å². The van der Waals surface area contributed by atoms with Gasteiger partial charge in [0.1, 0.15) is 23.2 Å². The maximum Gasteiger partial charge on any atom is 0.410 e. The number of amides is 1. The van der Waals surface area contributed by atoms with Crippen LogP contribution in [0.15, 0.2) is 30.9 Å². The van der Waals surface area contributed by atoms with E-state index in [4.69, 9.17) is 9.47 Å². The van der Waals surface area contributed by atoms with Gasteiger partial charge < -0.3 is 19.3 Å². The number of pyridine rings is 1. The number of rotatable bonds is 4. The monoisotopic (exact) mass is 449 g/mol. The molecular weight excluding hydrogens is 422 g/mol. The molecule has 3 aromatic rings. The van der Waals surface area contributed by atoms with Crippen molar-refractivity contribution >= 4 is 17.4 Å². The summed E-state index contributed by atoms with van der Waals surface area (Å²) in [5.41, 5.74) is 1.95. The van der Waals surface area contributed by atoms with Crippen LogP contribution in [0.25, 0.3) is 16.8 Å². The lowest BCUT2D eigenvalue weighted by molar-refractivity contribution is 0.0240. The number of piperazine rings is 1. The fourth-order valence-electron chi connectivity index (χ4n) is 3.69. The Kier molecular flexibility index (Phi) is 6.05. The molecule has 172 valence electrons. The Morgan fingerprint density at radius 3 is 2.52 bits per heavy atom. The van der Waals surface area contributed by atoms with Crippen molar-refractivity contribution in [2.45, 2.75) is 33.3 Å². The minimum Gasteiger partial charge on any atom is -0.492 e. The van der Waals surface area contributed by atoms with Gasteiger partial charge in [0.2, 0.25) is 0 Å². The quantitative estimate of drug-likeness (QED) is 0.598. The van der Waals surface area contributed by atoms with E-state index in [2.05, 4.69) is 26.0 Å². The van der Waals surface area contributed by atoms with E-state index in [9.17, 15) is 10.1 Å². The Morgan fingerprint density at radius 2 is 1.91 bits per heavy atom. The molecule has 0 spiro atoms. The van der Waals surface area contributed by atoms with E-state index in [-0.39, 0.29) is 6.09 Å². The van der Waals surface area contributed by atoms with Crippen LogP contribution < -0.4 is 9.64 Å². The summed E-state index contributed by atoms with van der Waals surface area (Å²) >= 11 is 0. The molecule has 0 N–H and O–H groups in total. The molecule has 0 unspecified atom stereocenters. The van der Waals surface area contributed by atoms with E-state index in [1.54, 1.807) is 28.0 Å². The predicted molar refractivity (Wildman–Crippen MR) is 122 cm³/mol. The summed E-state index contributed by atoms with van der Waals surface area (Å²) in [5.74, 6) is 1.37. The zero-order valence-corrected chi connectivity index (χ0v) is 19.3. The molecule has 4 rings (SSSR count). The SMILES string of the molecule is CCOc1cc(-c2cnc(N3CCN(C(=O)OC(C)(C)C)CC3)cn2)c2c(C#N)cnn2c1. The summed E-state index contributed by atoms with van der Waals surface area (Å²) in [5, 5.41) is 13.8. The third kappa shape index (κ3) is 4.82. The fourth-order valence-corrected chi connectivity index (χ4v) is 3.69. The van der Waals surface area contributed by atoms with Gasteiger partial charge in [0.15, 0.2) is 0 Å². The van der Waals surface area contributed by atoms with Crippen molar-refractivity contribution in [1.29, 1.82) is 5.26 Å². The predicted octanol–water partition coefficient (Wildman–Crippen LogP) is 3.12. The second-order valence-corrected chi connectivity index (χ2v) is 8.70. The molecule has 1 saturated heterocycles. The van der Waals surface area contributed by atoms with Gasteiger partial charge >= 0.3 is 6.09 Å². The molecule has 33 heavy (non-hydrogen) atoms. The first-order valence-corrected chi connectivity index (χ1v) is 10.9. The van der Waals surface area contributed by atoms with Crippen molar-refractivity contribution in [3.05, 3.63) is 36.4 Å². The van der Waals surface area contributed by atoms with Crippen molar-refractivity contribution in [2.24, 2.45) is 0 Å². The summed E-state index contributed by atoms with van der Waals surface area (Å²) < 4.78 is 12.7. The molecule has 1 amide bonds. The molecule has 0 atom stereocenters. The van der Waals surface area contributed by atoms with Gasteiger partial charge in [-0.25, -0.2) is 14.3 Å². The third-order valence-corrected chi connectivity index (χ3v) is 5.19. The van der Waals surface area contributed by atoms with Crippen LogP contribution in [0.1, 0.15) is 33.3 Å². The molecular formula is C23H27N7O3. The van der Waals surface area contributed by atoms with Gasteiger partial charge in [-0.3, -0.25) is 4.98 Å². The van der Waals surface area contributed by atoms with Crippen LogP contribution >= 0.6 is 0 Å². The van der Waals surface area contributed by atoms with E-state index in [0.717, 1.165) is 11.4 Å². The van der Waals surface area contributed by atoms with Crippen LogP contribution in [0.2, 0.25) is 0 Å². The van der Waals surface area contributed by atoms with E-state index in [1.165, 1.54) is 6.20 Å². The molecule has 1 aliphatic rings. The topological polar surface area (TPSA) is 109 Å².